The van der Waals surface area contributed by atoms with Crippen molar-refractivity contribution in [3.05, 3.63) is 29.1 Å². The highest BCUT2D eigenvalue weighted by atomic mass is 27.2. The van der Waals surface area contributed by atoms with Crippen LogP contribution in [0.15, 0.2) is 6.07 Å². The number of alkyl halides is 5. The lowest BCUT2D eigenvalue weighted by Crippen LogP contribution is -3.04. The van der Waals surface area contributed by atoms with E-state index in [-0.39, 0.29) is 17.4 Å². The molecule has 0 saturated carbocycles. The SMILES string of the molecule is CCCC(C)[CH2][Al-]([CH2]C(C)CCC)([CH2]C(C)CCC)[CH2]C(C)CCC.CCCCC(CC)CC[NH+](C)c1cc(F)c(F)c(C(F)(F)C(F)(F)F)c1F. The van der Waals surface area contributed by atoms with Crippen molar-refractivity contribution in [2.45, 2.75) is 186 Å². The van der Waals surface area contributed by atoms with Gasteiger partial charge in [-0.3, -0.25) is 0 Å². The van der Waals surface area contributed by atoms with E-state index in [1.807, 2.05) is 13.8 Å². The van der Waals surface area contributed by atoms with Crippen LogP contribution in [0.25, 0.3) is 0 Å². The Hall–Kier alpha value is -0.848. The minimum atomic E-state index is -6.25. The number of rotatable bonds is 25. The van der Waals surface area contributed by atoms with Gasteiger partial charge in [0.15, 0.2) is 23.1 Å². The number of hydrogen-bond donors (Lipinski definition) is 1. The molecule has 1 aromatic carbocycles. The molecule has 0 aliphatic heterocycles. The smallest absolute Gasteiger partial charge is 0.302 e. The fourth-order valence-electron chi connectivity index (χ4n) is 9.37. The van der Waals surface area contributed by atoms with Crippen molar-refractivity contribution in [2.24, 2.45) is 29.6 Å². The molecule has 0 saturated heterocycles. The summed E-state index contributed by atoms with van der Waals surface area (Å²) in [6, 6.07) is 0.336. The first-order chi connectivity index (χ1) is 24.2. The lowest BCUT2D eigenvalue weighted by Gasteiger charge is -2.44. The largest absolute Gasteiger partial charge is 0.458 e. The topological polar surface area (TPSA) is 4.44 Å². The van der Waals surface area contributed by atoms with E-state index < -0.39 is 53.9 Å². The van der Waals surface area contributed by atoms with E-state index in [4.69, 9.17) is 0 Å². The Bertz CT molecular complexity index is 1030. The average molecular weight is 774 g/mol. The van der Waals surface area contributed by atoms with Crippen LogP contribution in [-0.2, 0) is 5.92 Å². The zero-order chi connectivity index (χ0) is 40.3. The van der Waals surface area contributed by atoms with Crippen molar-refractivity contribution in [1.29, 1.82) is 0 Å². The molecule has 0 aromatic heterocycles. The van der Waals surface area contributed by atoms with Gasteiger partial charge in [-0.1, -0.05) is 170 Å². The molecule has 1 N–H and O–H groups in total. The maximum atomic E-state index is 14.4. The van der Waals surface area contributed by atoms with E-state index >= 15 is 0 Å². The molecule has 308 valence electrons. The van der Waals surface area contributed by atoms with Crippen LogP contribution in [0.4, 0.5) is 40.8 Å². The second-order valence-corrected chi connectivity index (χ2v) is 22.3. The Kier molecular flexibility index (Phi) is 24.9. The first kappa shape index (κ1) is 51.2. The minimum Gasteiger partial charge on any atom is -0.302 e. The summed E-state index contributed by atoms with van der Waals surface area (Å²) in [6.45, 7) is 23.9. The molecule has 0 bridgehead atoms. The normalized spacial score (nSPS) is 17.1. The monoisotopic (exact) mass is 774 g/mol. The Labute approximate surface area is 316 Å². The Morgan fingerprint density at radius 1 is 0.596 bits per heavy atom. The van der Waals surface area contributed by atoms with Crippen LogP contribution in [0, 0.1) is 47.0 Å². The van der Waals surface area contributed by atoms with Crippen molar-refractivity contribution in [3.63, 3.8) is 0 Å². The third kappa shape index (κ3) is 17.3. The molecule has 6 atom stereocenters. The third-order valence-electron chi connectivity index (χ3n) is 11.5. The Balaban J connectivity index is 0.00000100. The lowest BCUT2D eigenvalue weighted by atomic mass is 9.95. The molecule has 0 heterocycles. The molecule has 0 radical (unpaired) electrons. The van der Waals surface area contributed by atoms with Gasteiger partial charge in [0.05, 0.1) is 13.6 Å². The van der Waals surface area contributed by atoms with Gasteiger partial charge in [-0.2, -0.15) is 47.5 Å². The van der Waals surface area contributed by atoms with Crippen LogP contribution in [0.3, 0.4) is 0 Å². The molecule has 6 unspecified atom stereocenters. The lowest BCUT2D eigenvalue weighted by molar-refractivity contribution is -0.812. The van der Waals surface area contributed by atoms with Crippen LogP contribution in [0.5, 0.6) is 0 Å². The summed E-state index contributed by atoms with van der Waals surface area (Å²) in [5, 5.41) is 6.54. The van der Waals surface area contributed by atoms with Crippen molar-refractivity contribution in [1.82, 2.24) is 0 Å². The summed E-state index contributed by atoms with van der Waals surface area (Å²) in [7, 11) is 1.32. The molecular formula is C42H76AlF8N. The third-order valence-corrected chi connectivity index (χ3v) is 18.7. The summed E-state index contributed by atoms with van der Waals surface area (Å²) in [4.78, 5) is 0.0978. The molecule has 10 heteroatoms. The predicted octanol–water partition coefficient (Wildman–Crippen LogP) is 14.7. The first-order valence-electron chi connectivity index (χ1n) is 20.9. The van der Waals surface area contributed by atoms with Gasteiger partial charge in [0.25, 0.3) is 0 Å². The molecule has 0 amide bonds. The van der Waals surface area contributed by atoms with E-state index in [1.54, 1.807) is 21.1 Å². The maximum absolute atomic E-state index is 14.4. The number of halogens is 8. The van der Waals surface area contributed by atoms with Gasteiger partial charge in [-0.15, -0.1) is 0 Å². The standard InChI is InChI=1S/C18H23F8N.4C6H13.Al/c1-4-6-7-11(5-2)8-9-27(3)13-10-12(19)15(20)14(16(13)21)17(22,23)18(24,25)26;4*1-4-5-6(2)3;/h10-11H,4-9H2,1-3H3;4*6H,2,4-5H2,1,3H3;/q;;;;;-1/p+1. The molecule has 1 aromatic rings. The quantitative estimate of drug-likeness (QED) is 0.0573. The van der Waals surface area contributed by atoms with Crippen molar-refractivity contribution in [2.75, 3.05) is 13.6 Å². The van der Waals surface area contributed by atoms with Crippen LogP contribution < -0.4 is 4.90 Å². The zero-order valence-corrected chi connectivity index (χ0v) is 35.9. The molecule has 0 spiro atoms. The summed E-state index contributed by atoms with van der Waals surface area (Å²) < 4.78 is 106. The highest BCUT2D eigenvalue weighted by molar-refractivity contribution is 6.80. The van der Waals surface area contributed by atoms with Gasteiger partial charge in [-0.25, -0.2) is 8.78 Å². The van der Waals surface area contributed by atoms with Gasteiger partial charge in [-0.05, 0) is 12.3 Å². The van der Waals surface area contributed by atoms with E-state index in [0.29, 0.717) is 12.5 Å². The molecule has 1 nitrogen and oxygen atoms in total. The Morgan fingerprint density at radius 3 is 1.33 bits per heavy atom. The second-order valence-electron chi connectivity index (χ2n) is 17.0. The maximum Gasteiger partial charge on any atom is 0.458 e. The van der Waals surface area contributed by atoms with E-state index in [2.05, 4.69) is 55.4 Å². The van der Waals surface area contributed by atoms with Crippen LogP contribution in [0.2, 0.25) is 21.1 Å². The summed E-state index contributed by atoms with van der Waals surface area (Å²) >= 11 is -1.55. The van der Waals surface area contributed by atoms with Crippen LogP contribution >= 0.6 is 0 Å². The molecule has 1 rings (SSSR count). The average Bonchev–Trinajstić information content (AvgIpc) is 3.02. The molecular weight excluding hydrogens is 697 g/mol. The molecule has 52 heavy (non-hydrogen) atoms. The fraction of sp³-hybridized carbons (Fsp3) is 0.857. The predicted molar refractivity (Wildman–Crippen MR) is 207 cm³/mol. The molecule has 0 fully saturated rings. The van der Waals surface area contributed by atoms with Crippen molar-refractivity contribution in [3.8, 4) is 0 Å². The minimum absolute atomic E-state index is 0.0978. The van der Waals surface area contributed by atoms with Gasteiger partial charge in [0.1, 0.15) is 18.6 Å². The van der Waals surface area contributed by atoms with Crippen LogP contribution in [-0.4, -0.2) is 32.8 Å². The van der Waals surface area contributed by atoms with Gasteiger partial charge < -0.3 is 4.90 Å². The number of quaternary nitrogens is 1. The first-order valence-corrected chi connectivity index (χ1v) is 24.1. The summed E-state index contributed by atoms with van der Waals surface area (Å²) in [6.07, 6.45) is 9.27. The van der Waals surface area contributed by atoms with Crippen molar-refractivity contribution < 1.29 is 40.0 Å². The molecule has 0 aliphatic carbocycles. The zero-order valence-electron chi connectivity index (χ0n) is 34.8. The number of unbranched alkanes of at least 4 members (excludes halogenated alkanes) is 1. The van der Waals surface area contributed by atoms with Gasteiger partial charge in [0.2, 0.25) is 0 Å². The summed E-state index contributed by atoms with van der Waals surface area (Å²) in [5.74, 6) is -8.26. The van der Waals surface area contributed by atoms with E-state index in [9.17, 15) is 35.1 Å². The van der Waals surface area contributed by atoms with Gasteiger partial charge >= 0.3 is 12.1 Å². The fourth-order valence-corrected chi connectivity index (χ4v) is 18.3. The molecule has 0 aliphatic rings. The Morgan fingerprint density at radius 2 is 1.00 bits per heavy atom. The van der Waals surface area contributed by atoms with Gasteiger partial charge in [0, 0.05) is 6.07 Å². The number of benzene rings is 1. The van der Waals surface area contributed by atoms with Crippen LogP contribution in [0.1, 0.15) is 158 Å². The highest BCUT2D eigenvalue weighted by Gasteiger charge is 2.62. The van der Waals surface area contributed by atoms with E-state index in [0.717, 1.165) is 49.4 Å². The van der Waals surface area contributed by atoms with E-state index in [1.165, 1.54) is 58.4 Å². The van der Waals surface area contributed by atoms with Crippen molar-refractivity contribution >= 4 is 18.8 Å². The highest BCUT2D eigenvalue weighted by Crippen LogP contribution is 2.47. The number of hydrogen-bond acceptors (Lipinski definition) is 0. The number of nitrogens with one attached hydrogen (secondary N) is 1. The summed E-state index contributed by atoms with van der Waals surface area (Å²) in [5.41, 5.74) is -3.35. The second kappa shape index (κ2) is 25.3.